The normalized spacial score (nSPS) is 13.2. The molecular weight excluding hydrogens is 376 g/mol. The van der Waals surface area contributed by atoms with E-state index >= 15 is 0 Å². The highest BCUT2D eigenvalue weighted by atomic mass is 79.9. The van der Waals surface area contributed by atoms with Crippen LogP contribution in [-0.4, -0.2) is 28.9 Å². The number of benzene rings is 1. The molecule has 0 fully saturated rings. The highest BCUT2D eigenvalue weighted by Gasteiger charge is 2.23. The van der Waals surface area contributed by atoms with Crippen LogP contribution in [0.3, 0.4) is 0 Å². The third-order valence-corrected chi connectivity index (χ3v) is 3.91. The molecule has 1 rings (SSSR count). The molecule has 2 amide bonds. The Morgan fingerprint density at radius 2 is 1.71 bits per heavy atom. The Morgan fingerprint density at radius 1 is 1.12 bits per heavy atom. The predicted octanol–water partition coefficient (Wildman–Crippen LogP) is 2.63. The van der Waals surface area contributed by atoms with Gasteiger partial charge in [0.2, 0.25) is 11.8 Å². The second-order valence-corrected chi connectivity index (χ2v) is 7.01. The Bertz CT molecular complexity index is 587. The molecule has 7 heteroatoms. The van der Waals surface area contributed by atoms with Crippen molar-refractivity contribution in [1.29, 1.82) is 0 Å². The van der Waals surface area contributed by atoms with Crippen LogP contribution in [0.5, 0.6) is 0 Å². The highest BCUT2D eigenvalue weighted by molar-refractivity contribution is 9.10. The van der Waals surface area contributed by atoms with Gasteiger partial charge in [0, 0.05) is 11.4 Å². The van der Waals surface area contributed by atoms with Gasteiger partial charge in [-0.05, 0) is 30.0 Å². The topological polar surface area (TPSA) is 95.5 Å². The lowest BCUT2D eigenvalue weighted by Gasteiger charge is -2.21. The number of rotatable bonds is 8. The first-order valence-electron chi connectivity index (χ1n) is 7.73. The molecule has 2 atom stereocenters. The number of amides is 2. The third kappa shape index (κ3) is 7.12. The van der Waals surface area contributed by atoms with E-state index in [1.54, 1.807) is 12.1 Å². The smallest absolute Gasteiger partial charge is 0.326 e. The number of hydrogen-bond donors (Lipinski definition) is 3. The van der Waals surface area contributed by atoms with Crippen LogP contribution in [0, 0.1) is 5.92 Å². The summed E-state index contributed by atoms with van der Waals surface area (Å²) in [6.07, 6.45) is 0.327. The van der Waals surface area contributed by atoms with Crippen molar-refractivity contribution in [3.8, 4) is 0 Å². The van der Waals surface area contributed by atoms with E-state index in [0.717, 1.165) is 10.0 Å². The summed E-state index contributed by atoms with van der Waals surface area (Å²) in [6, 6.07) is 5.81. The monoisotopic (exact) mass is 398 g/mol. The maximum atomic E-state index is 12.2. The number of carboxylic acids is 1. The summed E-state index contributed by atoms with van der Waals surface area (Å²) >= 11 is 3.34. The molecule has 1 unspecified atom stereocenters. The van der Waals surface area contributed by atoms with E-state index in [0.29, 0.717) is 6.42 Å². The lowest BCUT2D eigenvalue weighted by Crippen LogP contribution is -2.43. The molecule has 0 bridgehead atoms. The molecule has 0 radical (unpaired) electrons. The summed E-state index contributed by atoms with van der Waals surface area (Å²) in [5.74, 6) is -1.59. The molecule has 0 saturated heterocycles. The van der Waals surface area contributed by atoms with Crippen molar-refractivity contribution in [3.05, 3.63) is 34.3 Å². The van der Waals surface area contributed by atoms with Gasteiger partial charge in [0.25, 0.3) is 0 Å². The lowest BCUT2D eigenvalue weighted by atomic mass is 10.0. The van der Waals surface area contributed by atoms with Gasteiger partial charge in [-0.15, -0.1) is 0 Å². The van der Waals surface area contributed by atoms with Gasteiger partial charge < -0.3 is 15.7 Å². The fourth-order valence-corrected chi connectivity index (χ4v) is 2.59. The second-order valence-electron chi connectivity index (χ2n) is 6.10. The predicted molar refractivity (Wildman–Crippen MR) is 94.3 cm³/mol. The SMILES string of the molecule is CC(=O)NC(CC(=O)N[C@H](CC(C)C)C(=O)O)c1ccc(Br)cc1. The number of aliphatic carboxylic acids is 1. The Morgan fingerprint density at radius 3 is 2.17 bits per heavy atom. The summed E-state index contributed by atoms with van der Waals surface area (Å²) < 4.78 is 0.889. The van der Waals surface area contributed by atoms with Crippen molar-refractivity contribution in [2.45, 2.75) is 45.7 Å². The van der Waals surface area contributed by atoms with E-state index in [-0.39, 0.29) is 18.2 Å². The average Bonchev–Trinajstić information content (AvgIpc) is 2.45. The number of carbonyl (C=O) groups is 3. The average molecular weight is 399 g/mol. The Kier molecular flexibility index (Phi) is 7.91. The molecular formula is C17H23BrN2O4. The molecule has 132 valence electrons. The minimum absolute atomic E-state index is 0.0247. The molecule has 6 nitrogen and oxygen atoms in total. The van der Waals surface area contributed by atoms with E-state index in [4.69, 9.17) is 0 Å². The van der Waals surface area contributed by atoms with Crippen LogP contribution in [-0.2, 0) is 14.4 Å². The Balaban J connectivity index is 2.81. The molecule has 0 saturated carbocycles. The van der Waals surface area contributed by atoms with Crippen LogP contribution in [0.25, 0.3) is 0 Å². The number of halogens is 1. The number of hydrogen-bond acceptors (Lipinski definition) is 3. The van der Waals surface area contributed by atoms with E-state index in [2.05, 4.69) is 26.6 Å². The van der Waals surface area contributed by atoms with E-state index in [1.807, 2.05) is 26.0 Å². The first-order valence-corrected chi connectivity index (χ1v) is 8.53. The van der Waals surface area contributed by atoms with Gasteiger partial charge in [-0.2, -0.15) is 0 Å². The zero-order chi connectivity index (χ0) is 18.3. The molecule has 3 N–H and O–H groups in total. The Hall–Kier alpha value is -1.89. The Labute approximate surface area is 150 Å². The molecule has 24 heavy (non-hydrogen) atoms. The van der Waals surface area contributed by atoms with Gasteiger partial charge >= 0.3 is 5.97 Å². The fraction of sp³-hybridized carbons (Fsp3) is 0.471. The minimum Gasteiger partial charge on any atom is -0.480 e. The first-order chi connectivity index (χ1) is 11.2. The van der Waals surface area contributed by atoms with Crippen LogP contribution in [0.15, 0.2) is 28.7 Å². The molecule has 1 aromatic carbocycles. The van der Waals surface area contributed by atoms with Gasteiger partial charge in [0.05, 0.1) is 12.5 Å². The van der Waals surface area contributed by atoms with E-state index in [1.165, 1.54) is 6.92 Å². The zero-order valence-electron chi connectivity index (χ0n) is 14.0. The first kappa shape index (κ1) is 20.2. The maximum absolute atomic E-state index is 12.2. The zero-order valence-corrected chi connectivity index (χ0v) is 15.6. The van der Waals surface area contributed by atoms with Gasteiger partial charge in [0.15, 0.2) is 0 Å². The van der Waals surface area contributed by atoms with E-state index in [9.17, 15) is 19.5 Å². The van der Waals surface area contributed by atoms with Crippen molar-refractivity contribution >= 4 is 33.7 Å². The van der Waals surface area contributed by atoms with Gasteiger partial charge in [-0.3, -0.25) is 9.59 Å². The van der Waals surface area contributed by atoms with Crippen LogP contribution in [0.4, 0.5) is 0 Å². The second kappa shape index (κ2) is 9.42. The minimum atomic E-state index is -1.06. The quantitative estimate of drug-likeness (QED) is 0.626. The largest absolute Gasteiger partial charge is 0.480 e. The summed E-state index contributed by atoms with van der Waals surface area (Å²) in [7, 11) is 0. The molecule has 0 aliphatic rings. The van der Waals surface area contributed by atoms with Gasteiger partial charge in [-0.1, -0.05) is 41.9 Å². The summed E-state index contributed by atoms with van der Waals surface area (Å²) in [5, 5.41) is 14.5. The van der Waals surface area contributed by atoms with Gasteiger partial charge in [0.1, 0.15) is 6.04 Å². The molecule has 0 aliphatic carbocycles. The van der Waals surface area contributed by atoms with Crippen molar-refractivity contribution in [2.75, 3.05) is 0 Å². The fourth-order valence-electron chi connectivity index (χ4n) is 2.32. The van der Waals surface area contributed by atoms with E-state index < -0.39 is 24.0 Å². The lowest BCUT2D eigenvalue weighted by molar-refractivity contribution is -0.142. The molecule has 1 aromatic rings. The molecule has 0 spiro atoms. The van der Waals surface area contributed by atoms with Crippen molar-refractivity contribution in [2.24, 2.45) is 5.92 Å². The van der Waals surface area contributed by atoms with Crippen LogP contribution < -0.4 is 10.6 Å². The third-order valence-electron chi connectivity index (χ3n) is 3.38. The van der Waals surface area contributed by atoms with Crippen LogP contribution in [0.1, 0.15) is 45.2 Å². The van der Waals surface area contributed by atoms with Gasteiger partial charge in [-0.25, -0.2) is 4.79 Å². The highest BCUT2D eigenvalue weighted by Crippen LogP contribution is 2.20. The standard InChI is InChI=1S/C17H23BrN2O4/c1-10(2)8-15(17(23)24)20-16(22)9-14(19-11(3)21)12-4-6-13(18)7-5-12/h4-7,10,14-15H,8-9H2,1-3H3,(H,19,21)(H,20,22)(H,23,24)/t14?,15-/m1/s1. The molecule has 0 aliphatic heterocycles. The number of carbonyl (C=O) groups excluding carboxylic acids is 2. The summed E-state index contributed by atoms with van der Waals surface area (Å²) in [6.45, 7) is 5.16. The maximum Gasteiger partial charge on any atom is 0.326 e. The van der Waals surface area contributed by atoms with Crippen molar-refractivity contribution < 1.29 is 19.5 Å². The van der Waals surface area contributed by atoms with Crippen molar-refractivity contribution in [1.82, 2.24) is 10.6 Å². The van der Waals surface area contributed by atoms with Crippen LogP contribution >= 0.6 is 15.9 Å². The summed E-state index contributed by atoms with van der Waals surface area (Å²) in [5.41, 5.74) is 0.777. The van der Waals surface area contributed by atoms with Crippen LogP contribution in [0.2, 0.25) is 0 Å². The number of nitrogens with one attached hydrogen (secondary N) is 2. The number of carboxylic acid groups (broad SMARTS) is 1. The molecule has 0 heterocycles. The molecule has 0 aromatic heterocycles. The van der Waals surface area contributed by atoms with Crippen molar-refractivity contribution in [3.63, 3.8) is 0 Å². The summed E-state index contributed by atoms with van der Waals surface area (Å²) in [4.78, 5) is 34.9.